The lowest BCUT2D eigenvalue weighted by atomic mass is 9.98. The summed E-state index contributed by atoms with van der Waals surface area (Å²) < 4.78 is 4.14. The highest BCUT2D eigenvalue weighted by Crippen LogP contribution is 2.28. The van der Waals surface area contributed by atoms with Gasteiger partial charge in [0, 0.05) is 49.7 Å². The van der Waals surface area contributed by atoms with Crippen molar-refractivity contribution in [3.05, 3.63) is 67.4 Å². The van der Waals surface area contributed by atoms with Gasteiger partial charge in [-0.3, -0.25) is 0 Å². The molecule has 1 saturated heterocycles. The molecule has 4 aromatic rings. The zero-order valence-corrected chi connectivity index (χ0v) is 15.1. The van der Waals surface area contributed by atoms with Gasteiger partial charge in [0.1, 0.15) is 5.82 Å². The summed E-state index contributed by atoms with van der Waals surface area (Å²) in [6, 6.07) is 14.5. The second-order valence-electron chi connectivity index (χ2n) is 7.18. The molecule has 1 fully saturated rings. The normalized spacial score (nSPS) is 17.5. The molecule has 136 valence electrons. The van der Waals surface area contributed by atoms with Gasteiger partial charge < -0.3 is 9.47 Å². The fourth-order valence-electron chi connectivity index (χ4n) is 3.99. The summed E-state index contributed by atoms with van der Waals surface area (Å²) in [7, 11) is 0. The Bertz CT molecular complexity index is 1020. The molecule has 0 unspecified atom stereocenters. The summed E-state index contributed by atoms with van der Waals surface area (Å²) in [6.07, 6.45) is 10.1. The van der Waals surface area contributed by atoms with Crippen LogP contribution in [0.5, 0.6) is 0 Å². The zero-order valence-electron chi connectivity index (χ0n) is 15.1. The average molecular weight is 358 g/mol. The van der Waals surface area contributed by atoms with E-state index in [1.54, 1.807) is 0 Å². The van der Waals surface area contributed by atoms with E-state index in [0.29, 0.717) is 5.92 Å². The van der Waals surface area contributed by atoms with Crippen LogP contribution in [0.25, 0.3) is 16.9 Å². The summed E-state index contributed by atoms with van der Waals surface area (Å²) in [5, 5.41) is 4.53. The Morgan fingerprint density at radius 2 is 2.00 bits per heavy atom. The standard InChI is InChI=1S/C21H22N6/c1-2-6-18(7-3-1)19-13-21(27-20(24-19)8-9-23-27)26-11-4-5-17(15-26)14-25-12-10-22-16-25/h1-3,6-10,12-13,16-17H,4-5,11,14-15H2/t17-/m1/s1. The summed E-state index contributed by atoms with van der Waals surface area (Å²) >= 11 is 0. The van der Waals surface area contributed by atoms with Gasteiger partial charge in [0.25, 0.3) is 0 Å². The van der Waals surface area contributed by atoms with Gasteiger partial charge in [-0.05, 0) is 18.8 Å². The molecule has 27 heavy (non-hydrogen) atoms. The highest BCUT2D eigenvalue weighted by molar-refractivity contribution is 5.66. The first kappa shape index (κ1) is 16.1. The number of imidazole rings is 1. The van der Waals surface area contributed by atoms with Crippen LogP contribution in [-0.4, -0.2) is 37.2 Å². The number of hydrogen-bond donors (Lipinski definition) is 0. The van der Waals surface area contributed by atoms with Gasteiger partial charge in [0.05, 0.1) is 18.2 Å². The fourth-order valence-corrected chi connectivity index (χ4v) is 3.99. The molecule has 6 heteroatoms. The largest absolute Gasteiger partial charge is 0.356 e. The smallest absolute Gasteiger partial charge is 0.157 e. The molecular formula is C21H22N6. The molecule has 0 amide bonds. The second-order valence-corrected chi connectivity index (χ2v) is 7.18. The quantitative estimate of drug-likeness (QED) is 0.560. The van der Waals surface area contributed by atoms with Crippen molar-refractivity contribution in [1.29, 1.82) is 0 Å². The molecule has 4 heterocycles. The van der Waals surface area contributed by atoms with Crippen LogP contribution in [-0.2, 0) is 6.54 Å². The summed E-state index contributed by atoms with van der Waals surface area (Å²) in [5.41, 5.74) is 3.02. The highest BCUT2D eigenvalue weighted by atomic mass is 15.3. The van der Waals surface area contributed by atoms with E-state index in [4.69, 9.17) is 4.98 Å². The maximum Gasteiger partial charge on any atom is 0.157 e. The molecule has 1 aliphatic heterocycles. The lowest BCUT2D eigenvalue weighted by Crippen LogP contribution is -2.38. The highest BCUT2D eigenvalue weighted by Gasteiger charge is 2.23. The molecule has 6 nitrogen and oxygen atoms in total. The Labute approximate surface area is 158 Å². The average Bonchev–Trinajstić information content (AvgIpc) is 3.40. The summed E-state index contributed by atoms with van der Waals surface area (Å²) in [4.78, 5) is 11.4. The number of benzene rings is 1. The Kier molecular flexibility index (Phi) is 4.08. The first-order valence-corrected chi connectivity index (χ1v) is 9.48. The number of fused-ring (bicyclic) bond motifs is 1. The number of anilines is 1. The van der Waals surface area contributed by atoms with Crippen molar-refractivity contribution in [3.8, 4) is 11.3 Å². The Hall–Kier alpha value is -3.15. The predicted molar refractivity (Wildman–Crippen MR) is 106 cm³/mol. The molecule has 1 atom stereocenters. The maximum absolute atomic E-state index is 4.80. The van der Waals surface area contributed by atoms with Crippen LogP contribution in [0.15, 0.2) is 67.4 Å². The van der Waals surface area contributed by atoms with E-state index >= 15 is 0 Å². The van der Waals surface area contributed by atoms with Crippen LogP contribution in [0.2, 0.25) is 0 Å². The summed E-state index contributed by atoms with van der Waals surface area (Å²) in [5.74, 6) is 1.73. The Morgan fingerprint density at radius 1 is 1.07 bits per heavy atom. The van der Waals surface area contributed by atoms with Gasteiger partial charge in [-0.25, -0.2) is 9.97 Å². The maximum atomic E-state index is 4.80. The molecule has 0 saturated carbocycles. The van der Waals surface area contributed by atoms with Crippen LogP contribution >= 0.6 is 0 Å². The third-order valence-corrected chi connectivity index (χ3v) is 5.28. The number of piperidine rings is 1. The number of rotatable bonds is 4. The lowest BCUT2D eigenvalue weighted by Gasteiger charge is -2.34. The van der Waals surface area contributed by atoms with E-state index in [0.717, 1.165) is 42.4 Å². The molecule has 0 radical (unpaired) electrons. The minimum absolute atomic E-state index is 0.604. The van der Waals surface area contributed by atoms with Crippen molar-refractivity contribution in [2.75, 3.05) is 18.0 Å². The van der Waals surface area contributed by atoms with Crippen LogP contribution in [0, 0.1) is 5.92 Å². The van der Waals surface area contributed by atoms with Crippen LogP contribution in [0.4, 0.5) is 5.82 Å². The van der Waals surface area contributed by atoms with Gasteiger partial charge in [-0.2, -0.15) is 9.61 Å². The van der Waals surface area contributed by atoms with Crippen LogP contribution in [0.1, 0.15) is 12.8 Å². The monoisotopic (exact) mass is 358 g/mol. The molecule has 3 aromatic heterocycles. The fraction of sp³-hybridized carbons (Fsp3) is 0.286. The lowest BCUT2D eigenvalue weighted by molar-refractivity contribution is 0.364. The SMILES string of the molecule is c1ccc(-c2cc(N3CCC[C@H](Cn4ccnc4)C3)n3nccc3n2)cc1. The van der Waals surface area contributed by atoms with Crippen molar-refractivity contribution >= 4 is 11.5 Å². The zero-order chi connectivity index (χ0) is 18.1. The Morgan fingerprint density at radius 3 is 2.85 bits per heavy atom. The van der Waals surface area contributed by atoms with Crippen molar-refractivity contribution < 1.29 is 0 Å². The van der Waals surface area contributed by atoms with Crippen LogP contribution < -0.4 is 4.90 Å². The van der Waals surface area contributed by atoms with Gasteiger partial charge in [0.2, 0.25) is 0 Å². The topological polar surface area (TPSA) is 51.2 Å². The van der Waals surface area contributed by atoms with Gasteiger partial charge in [-0.15, -0.1) is 0 Å². The molecule has 1 aromatic carbocycles. The van der Waals surface area contributed by atoms with E-state index in [2.05, 4.69) is 49.9 Å². The van der Waals surface area contributed by atoms with E-state index in [9.17, 15) is 0 Å². The van der Waals surface area contributed by atoms with Gasteiger partial charge in [-0.1, -0.05) is 30.3 Å². The van der Waals surface area contributed by atoms with Crippen LogP contribution in [0.3, 0.4) is 0 Å². The molecule has 5 rings (SSSR count). The van der Waals surface area contributed by atoms with Crippen molar-refractivity contribution in [2.45, 2.75) is 19.4 Å². The molecule has 0 bridgehead atoms. The van der Waals surface area contributed by atoms with Crippen molar-refractivity contribution in [3.63, 3.8) is 0 Å². The van der Waals surface area contributed by atoms with E-state index in [-0.39, 0.29) is 0 Å². The number of hydrogen-bond acceptors (Lipinski definition) is 4. The molecular weight excluding hydrogens is 336 g/mol. The predicted octanol–water partition coefficient (Wildman–Crippen LogP) is 3.51. The Balaban J connectivity index is 1.49. The second kappa shape index (κ2) is 6.87. The first-order chi connectivity index (χ1) is 13.4. The van der Waals surface area contributed by atoms with Crippen molar-refractivity contribution in [2.24, 2.45) is 5.92 Å². The number of aromatic nitrogens is 5. The van der Waals surface area contributed by atoms with E-state index in [1.807, 2.05) is 41.6 Å². The third kappa shape index (κ3) is 3.18. The summed E-state index contributed by atoms with van der Waals surface area (Å²) in [6.45, 7) is 3.08. The molecule has 0 spiro atoms. The number of nitrogens with zero attached hydrogens (tertiary/aromatic N) is 6. The third-order valence-electron chi connectivity index (χ3n) is 5.28. The van der Waals surface area contributed by atoms with Gasteiger partial charge >= 0.3 is 0 Å². The molecule has 0 N–H and O–H groups in total. The van der Waals surface area contributed by atoms with E-state index in [1.165, 1.54) is 12.8 Å². The molecule has 1 aliphatic rings. The van der Waals surface area contributed by atoms with E-state index < -0.39 is 0 Å². The molecule has 0 aliphatic carbocycles. The van der Waals surface area contributed by atoms with Gasteiger partial charge in [0.15, 0.2) is 5.65 Å². The first-order valence-electron chi connectivity index (χ1n) is 9.48. The van der Waals surface area contributed by atoms with Crippen molar-refractivity contribution in [1.82, 2.24) is 24.1 Å². The minimum Gasteiger partial charge on any atom is -0.356 e. The minimum atomic E-state index is 0.604.